The first-order chi connectivity index (χ1) is 7.33. The van der Waals surface area contributed by atoms with Crippen molar-refractivity contribution in [1.82, 2.24) is 0 Å². The van der Waals surface area contributed by atoms with Crippen LogP contribution in [0.4, 0.5) is 0 Å². The Labute approximate surface area is 93.0 Å². The summed E-state index contributed by atoms with van der Waals surface area (Å²) in [5.41, 5.74) is 0. The standard InChI is InChI=1S/C12H20BO2/c1-2-10-9-4-6-12(5-3-7-14-12)15-11(9)8-13-10/h9-11H,2-8H2,1H3. The van der Waals surface area contributed by atoms with E-state index >= 15 is 0 Å². The topological polar surface area (TPSA) is 18.5 Å². The van der Waals surface area contributed by atoms with Gasteiger partial charge in [-0.3, -0.25) is 0 Å². The van der Waals surface area contributed by atoms with Gasteiger partial charge in [0.25, 0.3) is 0 Å². The summed E-state index contributed by atoms with van der Waals surface area (Å²) >= 11 is 0. The Morgan fingerprint density at radius 3 is 3.07 bits per heavy atom. The fourth-order valence-electron chi connectivity index (χ4n) is 3.62. The second-order valence-electron chi connectivity index (χ2n) is 5.27. The molecule has 3 saturated heterocycles. The lowest BCUT2D eigenvalue weighted by Crippen LogP contribution is -2.42. The Balaban J connectivity index is 1.70. The van der Waals surface area contributed by atoms with Crippen molar-refractivity contribution in [2.45, 2.75) is 63.1 Å². The van der Waals surface area contributed by atoms with E-state index in [0.717, 1.165) is 37.5 Å². The van der Waals surface area contributed by atoms with Gasteiger partial charge in [0.2, 0.25) is 0 Å². The van der Waals surface area contributed by atoms with Crippen molar-refractivity contribution in [3.8, 4) is 0 Å². The molecule has 4 unspecified atom stereocenters. The number of hydrogen-bond donors (Lipinski definition) is 0. The molecule has 0 N–H and O–H groups in total. The zero-order valence-corrected chi connectivity index (χ0v) is 9.58. The van der Waals surface area contributed by atoms with Gasteiger partial charge in [-0.2, -0.15) is 0 Å². The zero-order valence-electron chi connectivity index (χ0n) is 9.58. The molecule has 1 radical (unpaired) electrons. The quantitative estimate of drug-likeness (QED) is 0.615. The lowest BCUT2D eigenvalue weighted by atomic mass is 9.63. The minimum atomic E-state index is -0.169. The first kappa shape index (κ1) is 10.2. The summed E-state index contributed by atoms with van der Waals surface area (Å²) in [4.78, 5) is 0. The van der Waals surface area contributed by atoms with Crippen molar-refractivity contribution >= 4 is 7.28 Å². The van der Waals surface area contributed by atoms with Crippen LogP contribution in [0.5, 0.6) is 0 Å². The van der Waals surface area contributed by atoms with Crippen LogP contribution in [0.25, 0.3) is 0 Å². The van der Waals surface area contributed by atoms with Gasteiger partial charge in [0, 0.05) is 12.8 Å². The van der Waals surface area contributed by atoms with Crippen LogP contribution >= 0.6 is 0 Å². The Kier molecular flexibility index (Phi) is 2.56. The lowest BCUT2D eigenvalue weighted by molar-refractivity contribution is -0.264. The molecule has 0 aromatic rings. The second kappa shape index (κ2) is 3.78. The van der Waals surface area contributed by atoms with Gasteiger partial charge in [0.05, 0.1) is 12.7 Å². The molecular weight excluding hydrogens is 187 g/mol. The van der Waals surface area contributed by atoms with E-state index in [4.69, 9.17) is 9.47 Å². The maximum absolute atomic E-state index is 6.24. The molecule has 3 rings (SSSR count). The van der Waals surface area contributed by atoms with E-state index in [2.05, 4.69) is 14.2 Å². The monoisotopic (exact) mass is 207 g/mol. The zero-order chi connectivity index (χ0) is 10.3. The molecule has 15 heavy (non-hydrogen) atoms. The molecule has 4 atom stereocenters. The molecular formula is C12H20BO2. The summed E-state index contributed by atoms with van der Waals surface area (Å²) in [6.45, 7) is 3.19. The van der Waals surface area contributed by atoms with Crippen molar-refractivity contribution in [3.05, 3.63) is 0 Å². The van der Waals surface area contributed by atoms with Crippen molar-refractivity contribution in [3.63, 3.8) is 0 Å². The van der Waals surface area contributed by atoms with Gasteiger partial charge in [-0.05, 0) is 18.8 Å². The van der Waals surface area contributed by atoms with Gasteiger partial charge in [-0.1, -0.05) is 25.5 Å². The van der Waals surface area contributed by atoms with Crippen molar-refractivity contribution < 1.29 is 9.47 Å². The predicted octanol–water partition coefficient (Wildman–Crippen LogP) is 2.62. The SMILES string of the molecule is CCC1[B]CC2OC3(CCCO3)CCC12. The fraction of sp³-hybridized carbons (Fsp3) is 1.00. The third kappa shape index (κ3) is 1.64. The van der Waals surface area contributed by atoms with E-state index in [-0.39, 0.29) is 5.79 Å². The molecule has 0 bridgehead atoms. The summed E-state index contributed by atoms with van der Waals surface area (Å²) < 4.78 is 12.1. The minimum Gasteiger partial charge on any atom is -0.350 e. The molecule has 3 aliphatic rings. The Morgan fingerprint density at radius 2 is 2.33 bits per heavy atom. The number of fused-ring (bicyclic) bond motifs is 1. The molecule has 3 heteroatoms. The van der Waals surface area contributed by atoms with Gasteiger partial charge in [0.15, 0.2) is 5.79 Å². The van der Waals surface area contributed by atoms with Crippen LogP contribution in [0, 0.1) is 5.92 Å². The highest BCUT2D eigenvalue weighted by atomic mass is 16.7. The normalized spacial score (nSPS) is 49.3. The number of rotatable bonds is 1. The molecule has 0 aromatic carbocycles. The molecule has 0 saturated carbocycles. The molecule has 0 amide bonds. The van der Waals surface area contributed by atoms with Gasteiger partial charge in [-0.25, -0.2) is 0 Å². The third-order valence-electron chi connectivity index (χ3n) is 4.46. The van der Waals surface area contributed by atoms with Crippen molar-refractivity contribution in [2.75, 3.05) is 6.61 Å². The van der Waals surface area contributed by atoms with E-state index in [9.17, 15) is 0 Å². The molecule has 83 valence electrons. The summed E-state index contributed by atoms with van der Waals surface area (Å²) in [5, 5.41) is 0. The molecule has 2 nitrogen and oxygen atoms in total. The highest BCUT2D eigenvalue weighted by Crippen LogP contribution is 2.48. The molecule has 3 aliphatic heterocycles. The van der Waals surface area contributed by atoms with Gasteiger partial charge in [-0.15, -0.1) is 0 Å². The average Bonchev–Trinajstić information content (AvgIpc) is 2.85. The molecule has 3 heterocycles. The van der Waals surface area contributed by atoms with Crippen LogP contribution < -0.4 is 0 Å². The van der Waals surface area contributed by atoms with Crippen LogP contribution in [0.2, 0.25) is 12.1 Å². The van der Waals surface area contributed by atoms with Gasteiger partial charge < -0.3 is 9.47 Å². The van der Waals surface area contributed by atoms with E-state index in [1.165, 1.54) is 19.3 Å². The summed E-state index contributed by atoms with van der Waals surface area (Å²) in [5.74, 6) is 1.41. The van der Waals surface area contributed by atoms with Crippen LogP contribution in [0.3, 0.4) is 0 Å². The van der Waals surface area contributed by atoms with E-state index < -0.39 is 0 Å². The van der Waals surface area contributed by atoms with Crippen LogP contribution in [-0.2, 0) is 9.47 Å². The van der Waals surface area contributed by atoms with Gasteiger partial charge >= 0.3 is 0 Å². The molecule has 1 spiro atoms. The summed E-state index contributed by atoms with van der Waals surface area (Å²) in [7, 11) is 2.48. The average molecular weight is 207 g/mol. The smallest absolute Gasteiger partial charge is 0.168 e. The maximum Gasteiger partial charge on any atom is 0.168 e. The van der Waals surface area contributed by atoms with Crippen LogP contribution in [0.1, 0.15) is 39.0 Å². The highest BCUT2D eigenvalue weighted by molar-refractivity contribution is 6.39. The molecule has 0 aromatic heterocycles. The van der Waals surface area contributed by atoms with E-state index in [1.807, 2.05) is 0 Å². The lowest BCUT2D eigenvalue weighted by Gasteiger charge is -2.41. The molecule has 3 fully saturated rings. The van der Waals surface area contributed by atoms with E-state index in [1.54, 1.807) is 0 Å². The van der Waals surface area contributed by atoms with Gasteiger partial charge in [0.1, 0.15) is 7.28 Å². The van der Waals surface area contributed by atoms with Crippen LogP contribution in [0.15, 0.2) is 0 Å². The highest BCUT2D eigenvalue weighted by Gasteiger charge is 2.48. The Morgan fingerprint density at radius 1 is 1.40 bits per heavy atom. The summed E-state index contributed by atoms with van der Waals surface area (Å²) in [6.07, 6.45) is 7.61. The maximum atomic E-state index is 6.24. The Hall–Kier alpha value is -0.0151. The fourth-order valence-corrected chi connectivity index (χ4v) is 3.62. The first-order valence-electron chi connectivity index (χ1n) is 6.48. The predicted molar refractivity (Wildman–Crippen MR) is 60.1 cm³/mol. The number of ether oxygens (including phenoxy) is 2. The van der Waals surface area contributed by atoms with Crippen molar-refractivity contribution in [2.24, 2.45) is 5.92 Å². The summed E-state index contributed by atoms with van der Waals surface area (Å²) in [6, 6.07) is 0. The first-order valence-corrected chi connectivity index (χ1v) is 6.48. The number of hydrogen-bond acceptors (Lipinski definition) is 2. The molecule has 0 aliphatic carbocycles. The minimum absolute atomic E-state index is 0.169. The third-order valence-corrected chi connectivity index (χ3v) is 4.46. The van der Waals surface area contributed by atoms with Crippen molar-refractivity contribution in [1.29, 1.82) is 0 Å². The van der Waals surface area contributed by atoms with E-state index in [0.29, 0.717) is 6.10 Å². The Bertz CT molecular complexity index is 238. The second-order valence-corrected chi connectivity index (χ2v) is 5.27. The largest absolute Gasteiger partial charge is 0.350 e. The van der Waals surface area contributed by atoms with Crippen LogP contribution in [-0.4, -0.2) is 25.8 Å².